The predicted molar refractivity (Wildman–Crippen MR) is 115 cm³/mol. The second-order valence-electron chi connectivity index (χ2n) is 9.28. The number of nitrogens with two attached hydrogens (primary N) is 1. The Kier molecular flexibility index (Phi) is 4.44. The van der Waals surface area contributed by atoms with Gasteiger partial charge in [0.1, 0.15) is 35.8 Å². The first-order valence-electron chi connectivity index (χ1n) is 10.3. The summed E-state index contributed by atoms with van der Waals surface area (Å²) < 4.78 is 13.6. The first-order valence-corrected chi connectivity index (χ1v) is 14.0. The van der Waals surface area contributed by atoms with E-state index in [1.165, 1.54) is 6.33 Å². The number of amides is 1. The summed E-state index contributed by atoms with van der Waals surface area (Å²) in [6.45, 7) is 8.30. The van der Waals surface area contributed by atoms with Gasteiger partial charge < -0.3 is 24.9 Å². The number of hydrogen-bond acceptors (Lipinski definition) is 7. The normalized spacial score (nSPS) is 16.3. The van der Waals surface area contributed by atoms with Crippen molar-refractivity contribution in [3.05, 3.63) is 23.3 Å². The molecule has 4 heterocycles. The summed E-state index contributed by atoms with van der Waals surface area (Å²) in [4.78, 5) is 21.5. The van der Waals surface area contributed by atoms with Crippen molar-refractivity contribution < 1.29 is 14.1 Å². The van der Waals surface area contributed by atoms with E-state index in [0.29, 0.717) is 53.8 Å². The highest BCUT2D eigenvalue weighted by Crippen LogP contribution is 2.46. The van der Waals surface area contributed by atoms with Crippen LogP contribution in [0.5, 0.6) is 0 Å². The van der Waals surface area contributed by atoms with Crippen molar-refractivity contribution in [3.8, 4) is 11.3 Å². The standard InChI is InChI=1S/C20H26N6O3Si/c1-30(2,3)7-6-28-10-26-12-8-22-20(27)15-16(25-29-17(15)11-4-5-11)13(12)14-18(21)23-9-24-19(14)26/h9,11H,4-8,10H2,1-3H3,(H,22,27)(H2,21,23,24). The van der Waals surface area contributed by atoms with Crippen molar-refractivity contribution in [3.63, 3.8) is 0 Å². The molecule has 1 saturated carbocycles. The molecule has 1 aliphatic heterocycles. The number of nitrogens with zero attached hydrogens (tertiary/aromatic N) is 4. The summed E-state index contributed by atoms with van der Waals surface area (Å²) in [5.41, 5.74) is 9.60. The van der Waals surface area contributed by atoms with Crippen LogP contribution in [-0.2, 0) is 18.0 Å². The quantitative estimate of drug-likeness (QED) is 0.459. The van der Waals surface area contributed by atoms with Crippen LogP contribution in [0.15, 0.2) is 10.9 Å². The van der Waals surface area contributed by atoms with Gasteiger partial charge >= 0.3 is 0 Å². The molecule has 0 spiro atoms. The minimum atomic E-state index is -1.20. The average molecular weight is 427 g/mol. The molecule has 0 unspecified atom stereocenters. The van der Waals surface area contributed by atoms with Gasteiger partial charge in [0.05, 0.1) is 17.6 Å². The Bertz CT molecular complexity index is 1140. The molecule has 0 radical (unpaired) electrons. The van der Waals surface area contributed by atoms with E-state index in [0.717, 1.165) is 30.1 Å². The number of carbonyl (C=O) groups excluding carboxylic acids is 1. The second kappa shape index (κ2) is 6.91. The molecule has 9 nitrogen and oxygen atoms in total. The lowest BCUT2D eigenvalue weighted by Gasteiger charge is -2.16. The molecule has 1 amide bonds. The Morgan fingerprint density at radius 2 is 2.10 bits per heavy atom. The zero-order chi connectivity index (χ0) is 21.0. The molecule has 158 valence electrons. The number of nitrogen functional groups attached to an aromatic ring is 1. The molecule has 0 bridgehead atoms. The Hall–Kier alpha value is -2.72. The van der Waals surface area contributed by atoms with Gasteiger partial charge in [0.15, 0.2) is 5.76 Å². The highest BCUT2D eigenvalue weighted by atomic mass is 28.3. The van der Waals surface area contributed by atoms with E-state index < -0.39 is 8.07 Å². The van der Waals surface area contributed by atoms with E-state index >= 15 is 0 Å². The van der Waals surface area contributed by atoms with E-state index in [9.17, 15) is 4.79 Å². The van der Waals surface area contributed by atoms with Gasteiger partial charge in [0.25, 0.3) is 5.91 Å². The number of ether oxygens (including phenoxy) is 1. The lowest BCUT2D eigenvalue weighted by atomic mass is 10.0. The lowest BCUT2D eigenvalue weighted by molar-refractivity contribution is 0.0867. The fraction of sp³-hybridized carbons (Fsp3) is 0.500. The summed E-state index contributed by atoms with van der Waals surface area (Å²) in [5.74, 6) is 1.12. The third-order valence-electron chi connectivity index (χ3n) is 5.74. The van der Waals surface area contributed by atoms with Crippen LogP contribution in [0.25, 0.3) is 22.3 Å². The Morgan fingerprint density at radius 1 is 1.30 bits per heavy atom. The molecule has 3 aromatic rings. The molecule has 0 atom stereocenters. The lowest BCUT2D eigenvalue weighted by Crippen LogP contribution is -2.24. The third-order valence-corrected chi connectivity index (χ3v) is 7.44. The number of nitrogens with one attached hydrogen (secondary N) is 1. The maximum absolute atomic E-state index is 12.9. The van der Waals surface area contributed by atoms with Gasteiger partial charge in [0, 0.05) is 26.2 Å². The minimum Gasteiger partial charge on any atom is -0.383 e. The van der Waals surface area contributed by atoms with Crippen molar-refractivity contribution in [1.29, 1.82) is 0 Å². The van der Waals surface area contributed by atoms with Crippen LogP contribution in [0.1, 0.15) is 40.6 Å². The Balaban J connectivity index is 1.62. The summed E-state index contributed by atoms with van der Waals surface area (Å²) in [6, 6.07) is 1.07. The van der Waals surface area contributed by atoms with Crippen LogP contribution in [0.4, 0.5) is 5.82 Å². The number of hydrogen-bond donors (Lipinski definition) is 2. The maximum Gasteiger partial charge on any atom is 0.257 e. The van der Waals surface area contributed by atoms with Crippen LogP contribution in [-0.4, -0.2) is 40.3 Å². The summed E-state index contributed by atoms with van der Waals surface area (Å²) in [5, 5.41) is 8.00. The summed E-state index contributed by atoms with van der Waals surface area (Å²) in [7, 11) is -1.20. The van der Waals surface area contributed by atoms with Gasteiger partial charge in [0.2, 0.25) is 0 Å². The van der Waals surface area contributed by atoms with Gasteiger partial charge in [-0.3, -0.25) is 4.79 Å². The van der Waals surface area contributed by atoms with Crippen LogP contribution in [0.2, 0.25) is 25.7 Å². The number of fused-ring (bicyclic) bond motifs is 5. The van der Waals surface area contributed by atoms with Crippen molar-refractivity contribution >= 4 is 30.8 Å². The van der Waals surface area contributed by atoms with Crippen molar-refractivity contribution in [2.24, 2.45) is 0 Å². The molecule has 1 fully saturated rings. The SMILES string of the molecule is C[Si](C)(C)CCOCn1c2c(c3c(N)ncnc31)-c1noc(C3CC3)c1C(=O)NC2. The zero-order valence-corrected chi connectivity index (χ0v) is 18.5. The second-order valence-corrected chi connectivity index (χ2v) is 14.9. The molecule has 0 aromatic carbocycles. The molecule has 1 aliphatic carbocycles. The van der Waals surface area contributed by atoms with Gasteiger partial charge in [-0.1, -0.05) is 24.8 Å². The van der Waals surface area contributed by atoms with E-state index in [1.54, 1.807) is 0 Å². The first kappa shape index (κ1) is 19.3. The number of carbonyl (C=O) groups is 1. The van der Waals surface area contributed by atoms with Crippen LogP contribution in [0, 0.1) is 0 Å². The van der Waals surface area contributed by atoms with Gasteiger partial charge in [-0.2, -0.15) is 0 Å². The highest BCUT2D eigenvalue weighted by molar-refractivity contribution is 6.76. The van der Waals surface area contributed by atoms with Gasteiger partial charge in [-0.05, 0) is 18.9 Å². The van der Waals surface area contributed by atoms with E-state index in [1.807, 2.05) is 4.57 Å². The number of anilines is 1. The first-order chi connectivity index (χ1) is 14.3. The smallest absolute Gasteiger partial charge is 0.257 e. The summed E-state index contributed by atoms with van der Waals surface area (Å²) >= 11 is 0. The minimum absolute atomic E-state index is 0.167. The highest BCUT2D eigenvalue weighted by Gasteiger charge is 2.39. The molecule has 2 aliphatic rings. The maximum atomic E-state index is 12.9. The van der Waals surface area contributed by atoms with Gasteiger partial charge in [-0.15, -0.1) is 0 Å². The molecule has 3 aromatic heterocycles. The van der Waals surface area contributed by atoms with Crippen molar-refractivity contribution in [1.82, 2.24) is 25.0 Å². The molecular weight excluding hydrogens is 400 g/mol. The molecule has 10 heteroatoms. The number of aromatic nitrogens is 4. The fourth-order valence-electron chi connectivity index (χ4n) is 3.92. The molecule has 5 rings (SSSR count). The van der Waals surface area contributed by atoms with Gasteiger partial charge in [-0.25, -0.2) is 9.97 Å². The van der Waals surface area contributed by atoms with Crippen molar-refractivity contribution in [2.75, 3.05) is 12.3 Å². The van der Waals surface area contributed by atoms with E-state index in [2.05, 4.69) is 40.1 Å². The Labute approximate surface area is 175 Å². The summed E-state index contributed by atoms with van der Waals surface area (Å²) in [6.07, 6.45) is 3.48. The Morgan fingerprint density at radius 3 is 2.83 bits per heavy atom. The van der Waals surface area contributed by atoms with E-state index in [-0.39, 0.29) is 11.8 Å². The van der Waals surface area contributed by atoms with Crippen molar-refractivity contribution in [2.45, 2.75) is 57.7 Å². The van der Waals surface area contributed by atoms with Crippen LogP contribution >= 0.6 is 0 Å². The average Bonchev–Trinajstić information content (AvgIpc) is 3.38. The fourth-order valence-corrected chi connectivity index (χ4v) is 4.68. The topological polar surface area (TPSA) is 121 Å². The van der Waals surface area contributed by atoms with Crippen LogP contribution in [0.3, 0.4) is 0 Å². The number of rotatable bonds is 6. The predicted octanol–water partition coefficient (Wildman–Crippen LogP) is 3.10. The molecular formula is C20H26N6O3Si. The van der Waals surface area contributed by atoms with Crippen LogP contribution < -0.4 is 11.1 Å². The zero-order valence-electron chi connectivity index (χ0n) is 17.5. The van der Waals surface area contributed by atoms with E-state index in [4.69, 9.17) is 15.0 Å². The molecule has 30 heavy (non-hydrogen) atoms. The largest absolute Gasteiger partial charge is 0.383 e. The monoisotopic (exact) mass is 426 g/mol. The molecule has 0 saturated heterocycles. The molecule has 3 N–H and O–H groups in total. The third kappa shape index (κ3) is 3.20.